The largest absolute Gasteiger partial charge is 0.508 e. The number of nitrogens with one attached hydrogen (secondary N) is 1. The summed E-state index contributed by atoms with van der Waals surface area (Å²) >= 11 is 0. The predicted molar refractivity (Wildman–Crippen MR) is 93.9 cm³/mol. The van der Waals surface area contributed by atoms with Crippen LogP contribution in [0.3, 0.4) is 0 Å². The normalized spacial score (nSPS) is 34.4. The first kappa shape index (κ1) is 15.7. The molecule has 0 heterocycles. The fraction of sp³-hybridized carbons (Fsp3) is 0.600. The maximum absolute atomic E-state index is 12.3. The van der Waals surface area contributed by atoms with Crippen molar-refractivity contribution in [3.8, 4) is 5.75 Å². The summed E-state index contributed by atoms with van der Waals surface area (Å²) in [5.74, 6) is 2.46. The van der Waals surface area contributed by atoms with Crippen LogP contribution in [-0.2, 0) is 0 Å². The highest BCUT2D eigenvalue weighted by atomic mass is 16.3. The Morgan fingerprint density at radius 1 is 1.21 bits per heavy atom. The second-order valence-corrected chi connectivity index (χ2v) is 8.10. The van der Waals surface area contributed by atoms with Gasteiger partial charge in [-0.1, -0.05) is 13.0 Å². The minimum Gasteiger partial charge on any atom is -0.508 e. The van der Waals surface area contributed by atoms with Crippen molar-refractivity contribution in [2.24, 2.45) is 28.3 Å². The zero-order chi connectivity index (χ0) is 16.7. The average molecular weight is 326 g/mol. The molecule has 0 aromatic heterocycles. The summed E-state index contributed by atoms with van der Waals surface area (Å²) in [5.41, 5.74) is 4.59. The van der Waals surface area contributed by atoms with E-state index >= 15 is 0 Å². The Labute approximate surface area is 143 Å². The topological polar surface area (TPSA) is 61.7 Å². The molecule has 5 rings (SSSR count). The molecule has 4 heteroatoms. The second-order valence-electron chi connectivity index (χ2n) is 8.10. The van der Waals surface area contributed by atoms with E-state index in [1.165, 1.54) is 50.3 Å². The molecule has 1 aromatic rings. The number of hydrogen-bond donors (Lipinski definition) is 2. The van der Waals surface area contributed by atoms with E-state index in [-0.39, 0.29) is 17.1 Å². The molecule has 4 nitrogen and oxygen atoms in total. The number of phenols is 1. The van der Waals surface area contributed by atoms with Crippen molar-refractivity contribution < 1.29 is 9.90 Å². The number of carbonyl (C=O) groups excluding carboxylic acids is 1. The standard InChI is InChI=1S/C20H26N2O2/c1-2-18(21-22-19(24)16-4-3-5-17(23)9-16)20-10-13-6-14(11-20)8-15(7-13)12-20/h3-5,9,13-15,23H,2,6-8,10-12H2,1H3,(H,22,24)/b21-18-. The lowest BCUT2D eigenvalue weighted by Gasteiger charge is -2.57. The van der Waals surface area contributed by atoms with E-state index in [0.717, 1.165) is 24.2 Å². The van der Waals surface area contributed by atoms with Gasteiger partial charge in [0.2, 0.25) is 0 Å². The molecule has 1 aromatic carbocycles. The van der Waals surface area contributed by atoms with E-state index in [0.29, 0.717) is 5.56 Å². The zero-order valence-corrected chi connectivity index (χ0v) is 14.3. The van der Waals surface area contributed by atoms with Gasteiger partial charge in [0.15, 0.2) is 0 Å². The molecule has 0 atom stereocenters. The van der Waals surface area contributed by atoms with Gasteiger partial charge in [0, 0.05) is 16.7 Å². The molecule has 1 amide bonds. The maximum Gasteiger partial charge on any atom is 0.271 e. The van der Waals surface area contributed by atoms with Crippen LogP contribution in [0.2, 0.25) is 0 Å². The van der Waals surface area contributed by atoms with Crippen LogP contribution in [0.15, 0.2) is 29.4 Å². The zero-order valence-electron chi connectivity index (χ0n) is 14.3. The third kappa shape index (κ3) is 2.72. The van der Waals surface area contributed by atoms with Gasteiger partial charge in [0.05, 0.1) is 0 Å². The lowest BCUT2D eigenvalue weighted by Crippen LogP contribution is -2.50. The molecule has 0 aliphatic heterocycles. The number of rotatable bonds is 4. The van der Waals surface area contributed by atoms with E-state index in [4.69, 9.17) is 0 Å². The smallest absolute Gasteiger partial charge is 0.271 e. The predicted octanol–water partition coefficient (Wildman–Crippen LogP) is 4.10. The molecule has 4 saturated carbocycles. The quantitative estimate of drug-likeness (QED) is 0.646. The van der Waals surface area contributed by atoms with Crippen LogP contribution in [-0.4, -0.2) is 16.7 Å². The molecule has 0 radical (unpaired) electrons. The highest BCUT2D eigenvalue weighted by Crippen LogP contribution is 2.60. The molecule has 0 unspecified atom stereocenters. The van der Waals surface area contributed by atoms with Gasteiger partial charge >= 0.3 is 0 Å². The first-order valence-corrected chi connectivity index (χ1v) is 9.24. The molecule has 2 N–H and O–H groups in total. The van der Waals surface area contributed by atoms with E-state index in [2.05, 4.69) is 17.5 Å². The Bertz CT molecular complexity index is 645. The number of hydrogen-bond acceptors (Lipinski definition) is 3. The van der Waals surface area contributed by atoms with Gasteiger partial charge in [-0.25, -0.2) is 5.43 Å². The van der Waals surface area contributed by atoms with Crippen LogP contribution in [0.1, 0.15) is 62.2 Å². The molecule has 4 bridgehead atoms. The van der Waals surface area contributed by atoms with Gasteiger partial charge in [-0.3, -0.25) is 4.79 Å². The van der Waals surface area contributed by atoms with E-state index < -0.39 is 0 Å². The van der Waals surface area contributed by atoms with Gasteiger partial charge in [0.25, 0.3) is 5.91 Å². The van der Waals surface area contributed by atoms with Crippen molar-refractivity contribution in [3.05, 3.63) is 29.8 Å². The van der Waals surface area contributed by atoms with Gasteiger partial charge in [-0.15, -0.1) is 0 Å². The Balaban J connectivity index is 1.53. The SMILES string of the molecule is CC/C(=N/NC(=O)c1cccc(O)c1)C12CC3CC(CC(C3)C1)C2. The van der Waals surface area contributed by atoms with Gasteiger partial charge < -0.3 is 5.11 Å². The molecular formula is C20H26N2O2. The monoisotopic (exact) mass is 326 g/mol. The molecule has 4 fully saturated rings. The van der Waals surface area contributed by atoms with Crippen LogP contribution in [0.5, 0.6) is 5.75 Å². The summed E-state index contributed by atoms with van der Waals surface area (Å²) in [6.45, 7) is 2.15. The van der Waals surface area contributed by atoms with Gasteiger partial charge in [0.1, 0.15) is 5.75 Å². The van der Waals surface area contributed by atoms with Crippen molar-refractivity contribution in [1.29, 1.82) is 0 Å². The number of nitrogens with zero attached hydrogens (tertiary/aromatic N) is 1. The molecule has 24 heavy (non-hydrogen) atoms. The average Bonchev–Trinajstić information content (AvgIpc) is 2.53. The van der Waals surface area contributed by atoms with Crippen LogP contribution >= 0.6 is 0 Å². The Morgan fingerprint density at radius 2 is 1.83 bits per heavy atom. The van der Waals surface area contributed by atoms with Gasteiger partial charge in [-0.05, 0) is 80.9 Å². The van der Waals surface area contributed by atoms with Crippen molar-refractivity contribution in [3.63, 3.8) is 0 Å². The maximum atomic E-state index is 12.3. The van der Waals surface area contributed by atoms with Crippen LogP contribution in [0.25, 0.3) is 0 Å². The Hall–Kier alpha value is -1.84. The van der Waals surface area contributed by atoms with Crippen LogP contribution in [0, 0.1) is 23.2 Å². The van der Waals surface area contributed by atoms with Crippen molar-refractivity contribution in [1.82, 2.24) is 5.43 Å². The third-order valence-electron chi connectivity index (χ3n) is 6.39. The molecule has 0 saturated heterocycles. The summed E-state index contributed by atoms with van der Waals surface area (Å²) in [6, 6.07) is 6.41. The number of benzene rings is 1. The number of amides is 1. The van der Waals surface area contributed by atoms with Crippen molar-refractivity contribution in [2.75, 3.05) is 0 Å². The van der Waals surface area contributed by atoms with Gasteiger partial charge in [-0.2, -0.15) is 5.10 Å². The summed E-state index contributed by atoms with van der Waals surface area (Å²) < 4.78 is 0. The van der Waals surface area contributed by atoms with E-state index in [1.807, 2.05) is 0 Å². The number of phenolic OH excluding ortho intramolecular Hbond substituents is 1. The van der Waals surface area contributed by atoms with E-state index in [1.54, 1.807) is 18.2 Å². The summed E-state index contributed by atoms with van der Waals surface area (Å²) in [5, 5.41) is 14.1. The number of hydrazone groups is 1. The molecule has 128 valence electrons. The molecule has 0 spiro atoms. The summed E-state index contributed by atoms with van der Waals surface area (Å²) in [7, 11) is 0. The fourth-order valence-corrected chi connectivity index (χ4v) is 5.87. The van der Waals surface area contributed by atoms with Crippen molar-refractivity contribution >= 4 is 11.6 Å². The third-order valence-corrected chi connectivity index (χ3v) is 6.39. The summed E-state index contributed by atoms with van der Waals surface area (Å²) in [6.07, 6.45) is 8.89. The van der Waals surface area contributed by atoms with Crippen molar-refractivity contribution in [2.45, 2.75) is 51.9 Å². The lowest BCUT2D eigenvalue weighted by atomic mass is 9.48. The Kier molecular flexibility index (Phi) is 3.86. The highest BCUT2D eigenvalue weighted by Gasteiger charge is 2.52. The minimum atomic E-state index is -0.249. The molecular weight excluding hydrogens is 300 g/mol. The van der Waals surface area contributed by atoms with E-state index in [9.17, 15) is 9.90 Å². The van der Waals surface area contributed by atoms with Crippen LogP contribution < -0.4 is 5.43 Å². The molecule has 4 aliphatic rings. The summed E-state index contributed by atoms with van der Waals surface area (Å²) in [4.78, 5) is 12.3. The Morgan fingerprint density at radius 3 is 2.38 bits per heavy atom. The van der Waals surface area contributed by atoms with Crippen LogP contribution in [0.4, 0.5) is 0 Å². The fourth-order valence-electron chi connectivity index (χ4n) is 5.87. The minimum absolute atomic E-state index is 0.100. The number of carbonyl (C=O) groups is 1. The molecule has 4 aliphatic carbocycles. The lowest BCUT2D eigenvalue weighted by molar-refractivity contribution is -0.0134. The first-order valence-electron chi connectivity index (χ1n) is 9.24. The number of aromatic hydroxyl groups is 1. The highest BCUT2D eigenvalue weighted by molar-refractivity contribution is 5.97. The second kappa shape index (κ2) is 5.91. The first-order chi connectivity index (χ1) is 11.6.